The van der Waals surface area contributed by atoms with Crippen LogP contribution in [0.25, 0.3) is 11.0 Å². The molecular formula is C29H38ClN4O12P. The fraction of sp³-hybridized carbons (Fsp3) is 0.517. The lowest BCUT2D eigenvalue weighted by atomic mass is 10.1. The molecular weight excluding hydrogens is 663 g/mol. The number of halogens is 1. The highest BCUT2D eigenvalue weighted by molar-refractivity contribution is 7.53. The van der Waals surface area contributed by atoms with Gasteiger partial charge in [0.1, 0.15) is 36.1 Å². The van der Waals surface area contributed by atoms with Gasteiger partial charge in [0.05, 0.1) is 18.1 Å². The minimum absolute atomic E-state index is 0.0464. The van der Waals surface area contributed by atoms with Gasteiger partial charge in [-0.2, -0.15) is 4.98 Å². The quantitative estimate of drug-likeness (QED) is 0.0870. The molecule has 1 fully saturated rings. The molecule has 18 heteroatoms. The Morgan fingerprint density at radius 1 is 1.06 bits per heavy atom. The number of aryl methyl sites for hydroxylation is 1. The smallest absolute Gasteiger partial charge is 0.438 e. The first-order valence-electron chi connectivity index (χ1n) is 14.6. The van der Waals surface area contributed by atoms with Gasteiger partial charge in [0, 0.05) is 19.2 Å². The molecule has 0 aliphatic carbocycles. The number of hydrogen-bond acceptors (Lipinski definition) is 15. The number of hydrogen-bond donors (Lipinski definition) is 3. The normalized spacial score (nSPS) is 21.4. The zero-order valence-electron chi connectivity index (χ0n) is 26.4. The van der Waals surface area contributed by atoms with Crippen molar-refractivity contribution in [1.29, 1.82) is 0 Å². The third-order valence-corrected chi connectivity index (χ3v) is 8.55. The van der Waals surface area contributed by atoms with Crippen LogP contribution in [0.1, 0.15) is 51.1 Å². The minimum atomic E-state index is -4.18. The van der Waals surface area contributed by atoms with E-state index in [1.165, 1.54) is 4.57 Å². The number of fused-ring (bicyclic) bond motifs is 1. The van der Waals surface area contributed by atoms with Gasteiger partial charge >= 0.3 is 19.7 Å². The minimum Gasteiger partial charge on any atom is -0.438 e. The molecule has 1 aliphatic rings. The molecule has 0 radical (unpaired) electrons. The highest BCUT2D eigenvalue weighted by Gasteiger charge is 2.44. The Kier molecular flexibility index (Phi) is 12.6. The maximum Gasteiger partial charge on any atom is 0.510 e. The summed E-state index contributed by atoms with van der Waals surface area (Å²) in [7, 11) is -4.18. The summed E-state index contributed by atoms with van der Waals surface area (Å²) >= 11 is 6.28. The number of esters is 1. The monoisotopic (exact) mass is 700 g/mol. The largest absolute Gasteiger partial charge is 0.510 e. The Morgan fingerprint density at radius 2 is 1.74 bits per heavy atom. The predicted octanol–water partition coefficient (Wildman–Crippen LogP) is 4.43. The number of nitrogens with zero attached hydrogens (tertiary/aromatic N) is 3. The van der Waals surface area contributed by atoms with Crippen LogP contribution in [0, 0.1) is 6.92 Å². The van der Waals surface area contributed by atoms with Crippen molar-refractivity contribution in [3.05, 3.63) is 52.9 Å². The van der Waals surface area contributed by atoms with E-state index in [0.29, 0.717) is 16.9 Å². The summed E-state index contributed by atoms with van der Waals surface area (Å²) in [6.45, 7) is 6.39. The Hall–Kier alpha value is -3.34. The average molecular weight is 701 g/mol. The lowest BCUT2D eigenvalue weighted by Crippen LogP contribution is -2.34. The molecule has 258 valence electrons. The molecule has 3 heterocycles. The molecule has 3 N–H and O–H groups in total. The number of ether oxygens (including phenoxy) is 5. The molecule has 1 aromatic carbocycles. The summed E-state index contributed by atoms with van der Waals surface area (Å²) in [4.78, 5) is 31.4. The van der Waals surface area contributed by atoms with Crippen molar-refractivity contribution >= 4 is 48.2 Å². The number of rotatable bonds is 15. The van der Waals surface area contributed by atoms with E-state index in [9.17, 15) is 24.4 Å². The van der Waals surface area contributed by atoms with Crippen LogP contribution in [0.5, 0.6) is 0 Å². The van der Waals surface area contributed by atoms with E-state index in [-0.39, 0.29) is 17.9 Å². The topological polar surface area (TPSA) is 199 Å². The zero-order valence-corrected chi connectivity index (χ0v) is 28.1. The van der Waals surface area contributed by atoms with Crippen molar-refractivity contribution in [2.45, 2.75) is 71.3 Å². The van der Waals surface area contributed by atoms with Crippen LogP contribution < -0.4 is 5.32 Å². The number of aliphatic hydroxyl groups excluding tert-OH is 2. The molecule has 0 bridgehead atoms. The maximum absolute atomic E-state index is 13.2. The Balaban J connectivity index is 1.41. The standard InChI is InChI=1S/C29H38ClN4O12P/c1-16(2)45-29(38)42-14-44-47(39,43-13-41-19(5)35)15-40-12-22-23(36)24(37)27(46-22)34-11-10-21-25(32-28(30)33-26(21)34)31-18(4)20-8-6-17(3)7-9-20/h6-11,16,18,22-24,27,36-37H,12-15H2,1-5H3,(H,31,32,33)/t18-,22+,23+,24+,27+,47?/m0/s1. The number of carbonyl (C=O) groups excluding carboxylic acids is 2. The molecule has 1 saturated heterocycles. The van der Waals surface area contributed by atoms with Gasteiger partial charge in [0.2, 0.25) is 18.9 Å². The van der Waals surface area contributed by atoms with Gasteiger partial charge in [-0.15, -0.1) is 0 Å². The lowest BCUT2D eigenvalue weighted by molar-refractivity contribution is -0.148. The first-order valence-corrected chi connectivity index (χ1v) is 16.7. The van der Waals surface area contributed by atoms with E-state index in [1.807, 2.05) is 38.1 Å². The van der Waals surface area contributed by atoms with Gasteiger partial charge in [-0.25, -0.2) is 9.78 Å². The summed E-state index contributed by atoms with van der Waals surface area (Å²) in [5.41, 5.74) is 2.51. The molecule has 47 heavy (non-hydrogen) atoms. The van der Waals surface area contributed by atoms with Crippen LogP contribution in [-0.2, 0) is 42.1 Å². The van der Waals surface area contributed by atoms with Crippen molar-refractivity contribution in [3.63, 3.8) is 0 Å². The van der Waals surface area contributed by atoms with E-state index < -0.39 is 70.3 Å². The number of nitrogens with one attached hydrogen (secondary N) is 1. The van der Waals surface area contributed by atoms with Crippen LogP contribution in [0.4, 0.5) is 10.6 Å². The van der Waals surface area contributed by atoms with Crippen molar-refractivity contribution in [2.75, 3.05) is 31.9 Å². The molecule has 4 rings (SSSR count). The van der Waals surface area contributed by atoms with Gasteiger partial charge in [-0.05, 0) is 50.9 Å². The second-order valence-electron chi connectivity index (χ2n) is 10.9. The molecule has 3 aromatic rings. The van der Waals surface area contributed by atoms with Crippen LogP contribution in [0.3, 0.4) is 0 Å². The second-order valence-corrected chi connectivity index (χ2v) is 13.3. The Morgan fingerprint density at radius 3 is 2.40 bits per heavy atom. The number of aromatic nitrogens is 3. The molecule has 0 saturated carbocycles. The van der Waals surface area contributed by atoms with Crippen molar-refractivity contribution in [1.82, 2.24) is 14.5 Å². The predicted molar refractivity (Wildman–Crippen MR) is 166 cm³/mol. The van der Waals surface area contributed by atoms with Gasteiger partial charge in [-0.1, -0.05) is 29.8 Å². The van der Waals surface area contributed by atoms with Gasteiger partial charge < -0.3 is 43.8 Å². The van der Waals surface area contributed by atoms with Crippen LogP contribution in [0.15, 0.2) is 36.5 Å². The third-order valence-electron chi connectivity index (χ3n) is 6.89. The van der Waals surface area contributed by atoms with Crippen LogP contribution in [-0.4, -0.2) is 87.8 Å². The molecule has 2 aromatic heterocycles. The maximum atomic E-state index is 13.2. The zero-order chi connectivity index (χ0) is 34.3. The Bertz CT molecular complexity index is 1570. The summed E-state index contributed by atoms with van der Waals surface area (Å²) in [5.74, 6) is -0.241. The van der Waals surface area contributed by atoms with E-state index in [0.717, 1.165) is 18.1 Å². The van der Waals surface area contributed by atoms with Crippen molar-refractivity contribution < 1.29 is 57.1 Å². The van der Waals surface area contributed by atoms with Crippen molar-refractivity contribution in [3.8, 4) is 0 Å². The van der Waals surface area contributed by atoms with Gasteiger partial charge in [0.25, 0.3) is 0 Å². The van der Waals surface area contributed by atoms with E-state index in [2.05, 4.69) is 20.0 Å². The SMILES string of the molecule is CC(=O)OCOP(=O)(COC[C@H]1O[C@@H](n2ccc3c(N[C@@H](C)c4ccc(C)cc4)nc(Cl)nc32)[C@H](O)[C@@H]1O)OCOC(=O)OC(C)C. The molecule has 0 spiro atoms. The van der Waals surface area contributed by atoms with Crippen LogP contribution >= 0.6 is 19.2 Å². The number of benzene rings is 1. The fourth-order valence-electron chi connectivity index (χ4n) is 4.53. The summed E-state index contributed by atoms with van der Waals surface area (Å²) in [6, 6.07) is 9.66. The summed E-state index contributed by atoms with van der Waals surface area (Å²) in [5, 5.41) is 25.6. The summed E-state index contributed by atoms with van der Waals surface area (Å²) in [6.07, 6.45) is -5.66. The molecule has 0 amide bonds. The highest BCUT2D eigenvalue weighted by Crippen LogP contribution is 2.48. The average Bonchev–Trinajstić information content (AvgIpc) is 3.53. The molecule has 6 atom stereocenters. The number of carbonyl (C=O) groups is 2. The third kappa shape index (κ3) is 9.84. The van der Waals surface area contributed by atoms with E-state index in [4.69, 9.17) is 39.6 Å². The first kappa shape index (κ1) is 36.5. The second kappa shape index (κ2) is 16.2. The van der Waals surface area contributed by atoms with Crippen molar-refractivity contribution in [2.24, 2.45) is 0 Å². The first-order chi connectivity index (χ1) is 22.3. The van der Waals surface area contributed by atoms with E-state index >= 15 is 0 Å². The number of aliphatic hydroxyl groups is 2. The fourth-order valence-corrected chi connectivity index (χ4v) is 5.67. The highest BCUT2D eigenvalue weighted by atomic mass is 35.5. The lowest BCUT2D eigenvalue weighted by Gasteiger charge is -2.20. The summed E-state index contributed by atoms with van der Waals surface area (Å²) < 4.78 is 50.5. The van der Waals surface area contributed by atoms with Gasteiger partial charge in [0.15, 0.2) is 6.23 Å². The van der Waals surface area contributed by atoms with E-state index in [1.54, 1.807) is 26.1 Å². The Labute approximate surface area is 275 Å². The molecule has 1 unspecified atom stereocenters. The van der Waals surface area contributed by atoms with Crippen LogP contribution in [0.2, 0.25) is 5.28 Å². The number of anilines is 1. The van der Waals surface area contributed by atoms with Gasteiger partial charge in [-0.3, -0.25) is 18.4 Å². The molecule has 16 nitrogen and oxygen atoms in total. The molecule has 1 aliphatic heterocycles.